The highest BCUT2D eigenvalue weighted by atomic mass is 19.1. The maximum absolute atomic E-state index is 13.6. The number of benzene rings is 2. The lowest BCUT2D eigenvalue weighted by Crippen LogP contribution is -1.97. The Balaban J connectivity index is 2.55. The molecule has 0 radical (unpaired) electrons. The minimum Gasteiger partial charge on any atom is -0.328 e. The van der Waals surface area contributed by atoms with Crippen molar-refractivity contribution in [2.75, 3.05) is 5.32 Å². The van der Waals surface area contributed by atoms with E-state index in [1.165, 1.54) is 12.1 Å². The lowest BCUT2D eigenvalue weighted by molar-refractivity contribution is -0.105. The summed E-state index contributed by atoms with van der Waals surface area (Å²) in [6.07, 6.45) is 0.514. The van der Waals surface area contributed by atoms with Crippen LogP contribution in [0.15, 0.2) is 42.5 Å². The van der Waals surface area contributed by atoms with Gasteiger partial charge in [-0.15, -0.1) is 0 Å². The molecule has 2 aromatic carbocycles. The summed E-state index contributed by atoms with van der Waals surface area (Å²) in [7, 11) is 0. The Bertz CT molecular complexity index is 555. The van der Waals surface area contributed by atoms with Crippen LogP contribution in [-0.2, 0) is 4.79 Å². The number of nitrogens with one attached hydrogen (secondary N) is 1. The topological polar surface area (TPSA) is 29.1 Å². The first-order chi connectivity index (χ1) is 8.22. The minimum atomic E-state index is -0.662. The van der Waals surface area contributed by atoms with Crippen LogP contribution in [0.4, 0.5) is 14.5 Å². The van der Waals surface area contributed by atoms with Crippen molar-refractivity contribution in [3.05, 3.63) is 54.1 Å². The predicted molar refractivity (Wildman–Crippen MR) is 61.5 cm³/mol. The van der Waals surface area contributed by atoms with E-state index in [0.29, 0.717) is 17.7 Å². The lowest BCUT2D eigenvalue weighted by Gasteiger charge is -2.09. The van der Waals surface area contributed by atoms with Gasteiger partial charge in [0.25, 0.3) is 0 Å². The summed E-state index contributed by atoms with van der Waals surface area (Å²) in [6.45, 7) is 0. The van der Waals surface area contributed by atoms with Gasteiger partial charge in [0, 0.05) is 22.9 Å². The molecule has 0 aliphatic carbocycles. The van der Waals surface area contributed by atoms with Gasteiger partial charge in [0.15, 0.2) is 0 Å². The maximum atomic E-state index is 13.6. The number of anilines is 1. The Kier molecular flexibility index (Phi) is 3.14. The Hall–Kier alpha value is -2.23. The maximum Gasteiger partial charge on any atom is 0.211 e. The fourth-order valence-corrected chi connectivity index (χ4v) is 1.62. The Morgan fingerprint density at radius 3 is 2.47 bits per heavy atom. The van der Waals surface area contributed by atoms with E-state index < -0.39 is 11.6 Å². The van der Waals surface area contributed by atoms with E-state index in [-0.39, 0.29) is 5.56 Å². The van der Waals surface area contributed by atoms with Gasteiger partial charge in [0.05, 0.1) is 0 Å². The van der Waals surface area contributed by atoms with Gasteiger partial charge in [-0.1, -0.05) is 18.2 Å². The van der Waals surface area contributed by atoms with E-state index in [2.05, 4.69) is 5.32 Å². The molecule has 0 spiro atoms. The van der Waals surface area contributed by atoms with E-state index in [1.54, 1.807) is 24.3 Å². The molecule has 0 unspecified atom stereocenters. The molecule has 17 heavy (non-hydrogen) atoms. The second-order valence-electron chi connectivity index (χ2n) is 3.43. The Morgan fingerprint density at radius 1 is 1.00 bits per heavy atom. The van der Waals surface area contributed by atoms with Crippen molar-refractivity contribution in [3.8, 4) is 11.1 Å². The van der Waals surface area contributed by atoms with Crippen LogP contribution >= 0.6 is 0 Å². The van der Waals surface area contributed by atoms with Crippen molar-refractivity contribution in [3.63, 3.8) is 0 Å². The molecule has 1 N–H and O–H groups in total. The molecule has 0 fully saturated rings. The molecule has 4 heteroatoms. The summed E-state index contributed by atoms with van der Waals surface area (Å²) in [4.78, 5) is 10.4. The fraction of sp³-hybridized carbons (Fsp3) is 0. The summed E-state index contributed by atoms with van der Waals surface area (Å²) >= 11 is 0. The molecular formula is C13H9F2NO. The lowest BCUT2D eigenvalue weighted by atomic mass is 10.0. The number of amides is 1. The van der Waals surface area contributed by atoms with Crippen LogP contribution in [0, 0.1) is 11.6 Å². The fourth-order valence-electron chi connectivity index (χ4n) is 1.62. The molecule has 0 aliphatic rings. The molecule has 2 aromatic rings. The van der Waals surface area contributed by atoms with Crippen molar-refractivity contribution < 1.29 is 13.6 Å². The molecule has 2 nitrogen and oxygen atoms in total. The van der Waals surface area contributed by atoms with Crippen molar-refractivity contribution >= 4 is 12.1 Å². The van der Waals surface area contributed by atoms with Crippen LogP contribution in [-0.4, -0.2) is 6.41 Å². The molecule has 0 heterocycles. The summed E-state index contributed by atoms with van der Waals surface area (Å²) < 4.78 is 26.4. The highest BCUT2D eigenvalue weighted by Crippen LogP contribution is 2.29. The quantitative estimate of drug-likeness (QED) is 0.810. The number of rotatable bonds is 3. The van der Waals surface area contributed by atoms with E-state index in [0.717, 1.165) is 6.07 Å². The first-order valence-corrected chi connectivity index (χ1v) is 4.97. The number of carbonyl (C=O) groups is 1. The zero-order valence-electron chi connectivity index (χ0n) is 8.78. The van der Waals surface area contributed by atoms with Crippen molar-refractivity contribution in [1.29, 1.82) is 0 Å². The van der Waals surface area contributed by atoms with Crippen molar-refractivity contribution in [2.45, 2.75) is 0 Å². The summed E-state index contributed by atoms with van der Waals surface area (Å²) in [5.74, 6) is -1.29. The van der Waals surface area contributed by atoms with E-state index in [9.17, 15) is 13.6 Å². The summed E-state index contributed by atoms with van der Waals surface area (Å²) in [6, 6.07) is 10.1. The van der Waals surface area contributed by atoms with Gasteiger partial charge in [-0.3, -0.25) is 4.79 Å². The molecule has 0 saturated carbocycles. The Labute approximate surface area is 96.9 Å². The minimum absolute atomic E-state index is 0.247. The molecular weight excluding hydrogens is 224 g/mol. The van der Waals surface area contributed by atoms with Gasteiger partial charge in [0.1, 0.15) is 11.6 Å². The molecule has 0 saturated heterocycles. The standard InChI is InChI=1S/C13H9F2NO/c14-9-5-6-10(12(15)7-9)11-3-1-2-4-13(11)16-8-17/h1-8H,(H,16,17). The van der Waals surface area contributed by atoms with E-state index in [1.807, 2.05) is 0 Å². The van der Waals surface area contributed by atoms with Crippen molar-refractivity contribution in [1.82, 2.24) is 0 Å². The van der Waals surface area contributed by atoms with E-state index in [4.69, 9.17) is 0 Å². The van der Waals surface area contributed by atoms with Crippen molar-refractivity contribution in [2.24, 2.45) is 0 Å². The number of hydrogen-bond acceptors (Lipinski definition) is 1. The number of hydrogen-bond donors (Lipinski definition) is 1. The third-order valence-corrected chi connectivity index (χ3v) is 2.36. The number of halogens is 2. The molecule has 86 valence electrons. The third-order valence-electron chi connectivity index (χ3n) is 2.36. The monoisotopic (exact) mass is 233 g/mol. The van der Waals surface area contributed by atoms with Gasteiger partial charge in [-0.25, -0.2) is 8.78 Å². The average Bonchev–Trinajstić information content (AvgIpc) is 2.31. The molecule has 0 aromatic heterocycles. The molecule has 0 bridgehead atoms. The SMILES string of the molecule is O=CNc1ccccc1-c1ccc(F)cc1F. The highest BCUT2D eigenvalue weighted by Gasteiger charge is 2.09. The second kappa shape index (κ2) is 4.74. The highest BCUT2D eigenvalue weighted by molar-refractivity contribution is 5.85. The van der Waals surface area contributed by atoms with Gasteiger partial charge >= 0.3 is 0 Å². The largest absolute Gasteiger partial charge is 0.328 e. The molecule has 0 aliphatic heterocycles. The van der Waals surface area contributed by atoms with Crippen LogP contribution in [0.3, 0.4) is 0 Å². The molecule has 0 atom stereocenters. The third kappa shape index (κ3) is 2.30. The van der Waals surface area contributed by atoms with Gasteiger partial charge in [0.2, 0.25) is 6.41 Å². The summed E-state index contributed by atoms with van der Waals surface area (Å²) in [5.41, 5.74) is 1.24. The second-order valence-corrected chi connectivity index (χ2v) is 3.43. The number of carbonyl (C=O) groups excluding carboxylic acids is 1. The zero-order valence-corrected chi connectivity index (χ0v) is 8.78. The molecule has 1 amide bonds. The summed E-state index contributed by atoms with van der Waals surface area (Å²) in [5, 5.41) is 2.48. The van der Waals surface area contributed by atoms with Crippen LogP contribution in [0.1, 0.15) is 0 Å². The first-order valence-electron chi connectivity index (χ1n) is 4.97. The van der Waals surface area contributed by atoms with Crippen LogP contribution < -0.4 is 5.32 Å². The Morgan fingerprint density at radius 2 is 1.76 bits per heavy atom. The average molecular weight is 233 g/mol. The van der Waals surface area contributed by atoms with Gasteiger partial charge in [-0.05, 0) is 18.2 Å². The van der Waals surface area contributed by atoms with Crippen LogP contribution in [0.5, 0.6) is 0 Å². The number of para-hydroxylation sites is 1. The predicted octanol–water partition coefficient (Wildman–Crippen LogP) is 3.20. The van der Waals surface area contributed by atoms with Gasteiger partial charge < -0.3 is 5.32 Å². The van der Waals surface area contributed by atoms with Crippen LogP contribution in [0.2, 0.25) is 0 Å². The first kappa shape index (κ1) is 11.3. The van der Waals surface area contributed by atoms with Crippen LogP contribution in [0.25, 0.3) is 11.1 Å². The zero-order chi connectivity index (χ0) is 12.3. The normalized spacial score (nSPS) is 10.0. The smallest absolute Gasteiger partial charge is 0.211 e. The van der Waals surface area contributed by atoms with Gasteiger partial charge in [-0.2, -0.15) is 0 Å². The van der Waals surface area contributed by atoms with E-state index >= 15 is 0 Å². The molecule has 2 rings (SSSR count).